The van der Waals surface area contributed by atoms with Crippen molar-refractivity contribution in [3.63, 3.8) is 0 Å². The first-order valence-corrected chi connectivity index (χ1v) is 10.8. The van der Waals surface area contributed by atoms with Crippen molar-refractivity contribution in [2.45, 2.75) is 27.7 Å². The maximum atomic E-state index is 13.2. The van der Waals surface area contributed by atoms with Crippen LogP contribution in [0.2, 0.25) is 0 Å². The van der Waals surface area contributed by atoms with Crippen LogP contribution in [0.5, 0.6) is 0 Å². The molecule has 1 aliphatic rings. The number of carboxylic acid groups (broad SMARTS) is 1. The van der Waals surface area contributed by atoms with Crippen LogP contribution in [-0.2, 0) is 0 Å². The average Bonchev–Trinajstić information content (AvgIpc) is 3.03. The molecule has 0 atom stereocenters. The number of carbonyl (C=O) groups excluding carboxylic acids is 4. The van der Waals surface area contributed by atoms with Crippen LogP contribution < -0.4 is 10.2 Å². The van der Waals surface area contributed by atoms with E-state index in [1.165, 1.54) is 43.3 Å². The molecule has 0 fully saturated rings. The molecular weight excluding hydrogens is 448 g/mol. The van der Waals surface area contributed by atoms with Gasteiger partial charge in [-0.1, -0.05) is 17.7 Å². The minimum atomic E-state index is -1.24. The third-order valence-electron chi connectivity index (χ3n) is 5.85. The molecule has 3 aromatic rings. The van der Waals surface area contributed by atoms with E-state index >= 15 is 0 Å². The van der Waals surface area contributed by atoms with Crippen LogP contribution in [0.1, 0.15) is 75.4 Å². The van der Waals surface area contributed by atoms with Crippen LogP contribution in [0, 0.1) is 20.8 Å². The molecule has 0 aliphatic carbocycles. The van der Waals surface area contributed by atoms with Gasteiger partial charge in [-0.2, -0.15) is 0 Å². The smallest absolute Gasteiger partial charge is 0.335 e. The van der Waals surface area contributed by atoms with Gasteiger partial charge in [-0.3, -0.25) is 19.2 Å². The second-order valence-corrected chi connectivity index (χ2v) is 8.57. The zero-order valence-corrected chi connectivity index (χ0v) is 19.6. The number of imide groups is 1. The molecule has 0 saturated carbocycles. The molecule has 35 heavy (non-hydrogen) atoms. The van der Waals surface area contributed by atoms with E-state index in [-0.39, 0.29) is 39.3 Å². The van der Waals surface area contributed by atoms with Gasteiger partial charge in [0.25, 0.3) is 17.7 Å². The highest BCUT2D eigenvalue weighted by atomic mass is 16.4. The van der Waals surface area contributed by atoms with Gasteiger partial charge in [0.1, 0.15) is 0 Å². The fourth-order valence-electron chi connectivity index (χ4n) is 4.34. The molecule has 8 nitrogen and oxygen atoms in total. The summed E-state index contributed by atoms with van der Waals surface area (Å²) < 4.78 is 0. The summed E-state index contributed by atoms with van der Waals surface area (Å²) in [6.07, 6.45) is 0. The number of nitrogens with one attached hydrogen (secondary N) is 1. The van der Waals surface area contributed by atoms with Crippen LogP contribution in [0.4, 0.5) is 11.4 Å². The Bertz CT molecular complexity index is 1420. The second-order valence-electron chi connectivity index (χ2n) is 8.57. The number of rotatable bonds is 5. The van der Waals surface area contributed by atoms with Gasteiger partial charge < -0.3 is 10.4 Å². The predicted octanol–water partition coefficient (Wildman–Crippen LogP) is 4.57. The van der Waals surface area contributed by atoms with Crippen molar-refractivity contribution < 1.29 is 29.1 Å². The molecule has 0 saturated heterocycles. The number of hydrogen-bond acceptors (Lipinski definition) is 5. The van der Waals surface area contributed by atoms with E-state index < -0.39 is 23.7 Å². The zero-order chi connectivity index (χ0) is 25.6. The van der Waals surface area contributed by atoms with E-state index in [0.29, 0.717) is 5.69 Å². The summed E-state index contributed by atoms with van der Waals surface area (Å²) in [4.78, 5) is 63.5. The van der Waals surface area contributed by atoms with Crippen LogP contribution in [0.3, 0.4) is 0 Å². The molecule has 3 aromatic carbocycles. The maximum absolute atomic E-state index is 13.2. The first kappa shape index (κ1) is 23.6. The van der Waals surface area contributed by atoms with E-state index in [4.69, 9.17) is 0 Å². The molecule has 2 N–H and O–H groups in total. The van der Waals surface area contributed by atoms with E-state index in [9.17, 15) is 29.1 Å². The lowest BCUT2D eigenvalue weighted by atomic mass is 10.0. The van der Waals surface area contributed by atoms with Crippen molar-refractivity contribution in [2.75, 3.05) is 10.2 Å². The summed E-state index contributed by atoms with van der Waals surface area (Å²) in [6.45, 7) is 6.89. The Balaban J connectivity index is 1.67. The van der Waals surface area contributed by atoms with Gasteiger partial charge in [0.05, 0.1) is 22.4 Å². The minimum Gasteiger partial charge on any atom is -0.478 e. The Hall–Kier alpha value is -4.59. The molecule has 3 amide bonds. The molecule has 1 heterocycles. The van der Waals surface area contributed by atoms with Gasteiger partial charge in [0, 0.05) is 16.8 Å². The van der Waals surface area contributed by atoms with Crippen molar-refractivity contribution in [3.8, 4) is 0 Å². The largest absolute Gasteiger partial charge is 0.478 e. The van der Waals surface area contributed by atoms with Gasteiger partial charge in [-0.05, 0) is 75.2 Å². The van der Waals surface area contributed by atoms with E-state index in [1.54, 1.807) is 0 Å². The molecule has 0 bridgehead atoms. The maximum Gasteiger partial charge on any atom is 0.335 e. The lowest BCUT2D eigenvalue weighted by Crippen LogP contribution is -2.30. The number of fused-ring (bicyclic) bond motifs is 1. The number of aromatic carboxylic acids is 1. The van der Waals surface area contributed by atoms with E-state index in [0.717, 1.165) is 21.6 Å². The quantitative estimate of drug-likeness (QED) is 0.416. The highest BCUT2D eigenvalue weighted by Gasteiger charge is 2.38. The molecule has 0 radical (unpaired) electrons. The monoisotopic (exact) mass is 470 g/mol. The number of anilines is 2. The number of Topliss-reactive ketones (excluding diaryl/α,β-unsaturated/α-hetero) is 1. The molecule has 1 aliphatic heterocycles. The Morgan fingerprint density at radius 2 is 1.37 bits per heavy atom. The third-order valence-corrected chi connectivity index (χ3v) is 5.85. The zero-order valence-electron chi connectivity index (χ0n) is 19.6. The average molecular weight is 470 g/mol. The number of hydrogen-bond donors (Lipinski definition) is 2. The second kappa shape index (κ2) is 8.64. The van der Waals surface area contributed by atoms with Crippen LogP contribution in [0.25, 0.3) is 0 Å². The summed E-state index contributed by atoms with van der Waals surface area (Å²) in [5.41, 5.74) is 3.61. The van der Waals surface area contributed by atoms with E-state index in [1.807, 2.05) is 32.9 Å². The van der Waals surface area contributed by atoms with Gasteiger partial charge in [-0.25, -0.2) is 9.69 Å². The van der Waals surface area contributed by atoms with Gasteiger partial charge in [0.15, 0.2) is 5.78 Å². The van der Waals surface area contributed by atoms with E-state index in [2.05, 4.69) is 5.32 Å². The number of carboxylic acids is 1. The normalized spacial score (nSPS) is 12.5. The molecule has 8 heteroatoms. The van der Waals surface area contributed by atoms with Crippen LogP contribution >= 0.6 is 0 Å². The standard InChI is InChI=1S/C27H22N2O6/c1-13-7-14(2)23(15(3)8-13)29-25(32)21-6-5-17(12-22(21)26(29)33)24(31)28-20-10-18(16(4)30)9-19(11-20)27(34)35/h5-12H,1-4H3,(H,28,31)(H,34,35). The molecule has 4 rings (SSSR count). The Labute approximate surface area is 201 Å². The number of aryl methyl sites for hydroxylation is 3. The Morgan fingerprint density at radius 3 is 1.97 bits per heavy atom. The number of amides is 3. The van der Waals surface area contributed by atoms with Crippen molar-refractivity contribution in [1.29, 1.82) is 0 Å². The van der Waals surface area contributed by atoms with Gasteiger partial charge in [-0.15, -0.1) is 0 Å². The SMILES string of the molecule is CC(=O)c1cc(NC(=O)c2ccc3c(c2)C(=O)N(c2c(C)cc(C)cc2C)C3=O)cc(C(=O)O)c1. The number of carbonyl (C=O) groups is 5. The van der Waals surface area contributed by atoms with Gasteiger partial charge in [0.2, 0.25) is 0 Å². The predicted molar refractivity (Wildman–Crippen MR) is 130 cm³/mol. The highest BCUT2D eigenvalue weighted by Crippen LogP contribution is 2.34. The summed E-state index contributed by atoms with van der Waals surface area (Å²) in [7, 11) is 0. The lowest BCUT2D eigenvalue weighted by molar-refractivity contribution is 0.0696. The fourth-order valence-corrected chi connectivity index (χ4v) is 4.34. The third kappa shape index (κ3) is 4.21. The summed E-state index contributed by atoms with van der Waals surface area (Å²) in [6, 6.07) is 11.8. The summed E-state index contributed by atoms with van der Waals surface area (Å²) in [5.74, 6) is -3.21. The number of benzene rings is 3. The molecule has 0 aromatic heterocycles. The highest BCUT2D eigenvalue weighted by molar-refractivity contribution is 6.35. The molecule has 0 spiro atoms. The Morgan fingerprint density at radius 1 is 0.771 bits per heavy atom. The number of ketones is 1. The van der Waals surface area contributed by atoms with Crippen molar-refractivity contribution in [1.82, 2.24) is 0 Å². The van der Waals surface area contributed by atoms with Crippen molar-refractivity contribution >= 4 is 40.8 Å². The van der Waals surface area contributed by atoms with Gasteiger partial charge >= 0.3 is 5.97 Å². The first-order valence-electron chi connectivity index (χ1n) is 10.8. The fraction of sp³-hybridized carbons (Fsp3) is 0.148. The Kier molecular flexibility index (Phi) is 5.82. The first-order chi connectivity index (χ1) is 16.5. The van der Waals surface area contributed by atoms with Crippen molar-refractivity contribution in [3.05, 3.63) is 93.0 Å². The topological polar surface area (TPSA) is 121 Å². The summed E-state index contributed by atoms with van der Waals surface area (Å²) >= 11 is 0. The minimum absolute atomic E-state index is 0.103. The van der Waals surface area contributed by atoms with Crippen molar-refractivity contribution in [2.24, 2.45) is 0 Å². The molecule has 176 valence electrons. The molecular formula is C27H22N2O6. The lowest BCUT2D eigenvalue weighted by Gasteiger charge is -2.20. The number of nitrogens with zero attached hydrogens (tertiary/aromatic N) is 1. The molecule has 0 unspecified atom stereocenters. The summed E-state index contributed by atoms with van der Waals surface area (Å²) in [5, 5.41) is 11.9. The van der Waals surface area contributed by atoms with Crippen LogP contribution in [-0.4, -0.2) is 34.6 Å². The van der Waals surface area contributed by atoms with Crippen LogP contribution in [0.15, 0.2) is 48.5 Å².